The van der Waals surface area contributed by atoms with Crippen LogP contribution in [0.1, 0.15) is 50.6 Å². The van der Waals surface area contributed by atoms with Crippen LogP contribution >= 0.6 is 11.6 Å². The molecule has 0 radical (unpaired) electrons. The number of alkyl halides is 1. The monoisotopic (exact) mass is 243 g/mol. The molecular formula is C12H18ClNO2. The molecule has 1 aliphatic heterocycles. The average Bonchev–Trinajstić information content (AvgIpc) is 2.74. The summed E-state index contributed by atoms with van der Waals surface area (Å²) in [5.74, 6) is 2.22. The van der Waals surface area contributed by atoms with Gasteiger partial charge in [-0.1, -0.05) is 6.92 Å². The molecule has 1 aromatic heterocycles. The van der Waals surface area contributed by atoms with Crippen LogP contribution in [0.15, 0.2) is 10.6 Å². The largest absolute Gasteiger partial charge is 0.444 e. The van der Waals surface area contributed by atoms with E-state index < -0.39 is 0 Å². The fourth-order valence-electron chi connectivity index (χ4n) is 2.40. The minimum Gasteiger partial charge on any atom is -0.444 e. The van der Waals surface area contributed by atoms with Gasteiger partial charge in [-0.05, 0) is 26.7 Å². The summed E-state index contributed by atoms with van der Waals surface area (Å²) in [6, 6.07) is 0. The van der Waals surface area contributed by atoms with Crippen LogP contribution in [0.5, 0.6) is 0 Å². The molecule has 0 aliphatic carbocycles. The number of nitrogens with zero attached hydrogens (tertiary/aromatic N) is 1. The van der Waals surface area contributed by atoms with Gasteiger partial charge in [0.05, 0.1) is 18.4 Å². The van der Waals surface area contributed by atoms with Crippen LogP contribution in [0, 0.1) is 5.92 Å². The number of hydrogen-bond acceptors (Lipinski definition) is 3. The van der Waals surface area contributed by atoms with Crippen LogP contribution in [0.2, 0.25) is 0 Å². The third-order valence-corrected chi connectivity index (χ3v) is 3.64. The third-order valence-electron chi connectivity index (χ3n) is 3.45. The number of oxazole rings is 1. The van der Waals surface area contributed by atoms with Gasteiger partial charge in [0.25, 0.3) is 0 Å². The average molecular weight is 244 g/mol. The van der Waals surface area contributed by atoms with Gasteiger partial charge in [-0.3, -0.25) is 0 Å². The Bertz CT molecular complexity index is 364. The zero-order valence-electron chi connectivity index (χ0n) is 10.1. The minimum atomic E-state index is -0.181. The highest BCUT2D eigenvalue weighted by atomic mass is 35.5. The van der Waals surface area contributed by atoms with E-state index in [-0.39, 0.29) is 23.5 Å². The van der Waals surface area contributed by atoms with Crippen molar-refractivity contribution in [1.29, 1.82) is 0 Å². The lowest BCUT2D eigenvalue weighted by atomic mass is 9.88. The van der Waals surface area contributed by atoms with Crippen molar-refractivity contribution in [1.82, 2.24) is 4.98 Å². The smallest absolute Gasteiger partial charge is 0.212 e. The van der Waals surface area contributed by atoms with Gasteiger partial charge in [0.1, 0.15) is 11.1 Å². The fourth-order valence-corrected chi connectivity index (χ4v) is 2.50. The van der Waals surface area contributed by atoms with Gasteiger partial charge >= 0.3 is 0 Å². The number of aromatic nitrogens is 1. The molecule has 2 rings (SSSR count). The molecule has 1 fully saturated rings. The number of hydrogen-bond donors (Lipinski definition) is 0. The van der Waals surface area contributed by atoms with Gasteiger partial charge in [0.15, 0.2) is 0 Å². The van der Waals surface area contributed by atoms with Crippen molar-refractivity contribution in [3.05, 3.63) is 17.8 Å². The van der Waals surface area contributed by atoms with Crippen molar-refractivity contribution in [2.45, 2.75) is 51.2 Å². The predicted octanol–water partition coefficient (Wildman–Crippen LogP) is 3.50. The molecule has 0 amide bonds. The van der Waals surface area contributed by atoms with Gasteiger partial charge in [-0.2, -0.15) is 0 Å². The van der Waals surface area contributed by atoms with Crippen molar-refractivity contribution in [2.75, 3.05) is 0 Å². The molecule has 1 aromatic rings. The first-order valence-electron chi connectivity index (χ1n) is 5.76. The third kappa shape index (κ3) is 1.98. The van der Waals surface area contributed by atoms with Gasteiger partial charge in [-0.15, -0.1) is 11.6 Å². The zero-order valence-corrected chi connectivity index (χ0v) is 10.9. The first-order valence-corrected chi connectivity index (χ1v) is 6.19. The topological polar surface area (TPSA) is 35.3 Å². The van der Waals surface area contributed by atoms with Gasteiger partial charge in [0.2, 0.25) is 5.89 Å². The Labute approximate surface area is 101 Å². The Hall–Kier alpha value is -0.540. The summed E-state index contributed by atoms with van der Waals surface area (Å²) in [5, 5.41) is -0.181. The summed E-state index contributed by atoms with van der Waals surface area (Å²) >= 11 is 5.94. The lowest BCUT2D eigenvalue weighted by Gasteiger charge is -2.14. The maximum absolute atomic E-state index is 5.94. The minimum absolute atomic E-state index is 0.177. The SMILES string of the molecule is CC(Cl)c1ncc(C2C(C)OC(C)C2C)o1. The summed E-state index contributed by atoms with van der Waals surface area (Å²) in [7, 11) is 0. The Balaban J connectivity index is 2.23. The van der Waals surface area contributed by atoms with Gasteiger partial charge in [0, 0.05) is 5.92 Å². The lowest BCUT2D eigenvalue weighted by Crippen LogP contribution is -2.14. The molecule has 2 heterocycles. The Kier molecular flexibility index (Phi) is 3.27. The van der Waals surface area contributed by atoms with Crippen LogP contribution in [0.4, 0.5) is 0 Å². The predicted molar refractivity (Wildman–Crippen MR) is 62.7 cm³/mol. The molecule has 0 bridgehead atoms. The molecule has 5 atom stereocenters. The second kappa shape index (κ2) is 4.38. The number of rotatable bonds is 2. The molecular weight excluding hydrogens is 226 g/mol. The summed E-state index contributed by atoms with van der Waals surface area (Å²) in [4.78, 5) is 4.20. The first kappa shape index (κ1) is 11.9. The van der Waals surface area contributed by atoms with Crippen LogP contribution in [0.3, 0.4) is 0 Å². The Morgan fingerprint density at radius 3 is 2.44 bits per heavy atom. The molecule has 4 heteroatoms. The summed E-state index contributed by atoms with van der Waals surface area (Å²) in [6.07, 6.45) is 2.23. The van der Waals surface area contributed by atoms with Crippen molar-refractivity contribution < 1.29 is 9.15 Å². The molecule has 0 spiro atoms. The van der Waals surface area contributed by atoms with Crippen LogP contribution in [-0.4, -0.2) is 17.2 Å². The standard InChI is InChI=1S/C12H18ClNO2/c1-6-8(3)15-9(4)11(6)10-5-14-12(16-10)7(2)13/h5-9,11H,1-4H3. The lowest BCUT2D eigenvalue weighted by molar-refractivity contribution is 0.0547. The summed E-state index contributed by atoms with van der Waals surface area (Å²) < 4.78 is 11.5. The van der Waals surface area contributed by atoms with Crippen molar-refractivity contribution in [3.63, 3.8) is 0 Å². The highest BCUT2D eigenvalue weighted by Crippen LogP contribution is 2.40. The first-order chi connectivity index (χ1) is 7.50. The maximum Gasteiger partial charge on any atom is 0.212 e. The fraction of sp³-hybridized carbons (Fsp3) is 0.750. The van der Waals surface area contributed by atoms with E-state index in [0.717, 1.165) is 5.76 Å². The van der Waals surface area contributed by atoms with E-state index in [1.807, 2.05) is 6.92 Å². The highest BCUT2D eigenvalue weighted by Gasteiger charge is 2.40. The molecule has 0 saturated carbocycles. The van der Waals surface area contributed by atoms with Crippen LogP contribution in [0.25, 0.3) is 0 Å². The van der Waals surface area contributed by atoms with Crippen LogP contribution < -0.4 is 0 Å². The number of ether oxygens (including phenoxy) is 1. The van der Waals surface area contributed by atoms with E-state index in [2.05, 4.69) is 25.8 Å². The van der Waals surface area contributed by atoms with Crippen molar-refractivity contribution in [3.8, 4) is 0 Å². The van der Waals surface area contributed by atoms with E-state index in [1.165, 1.54) is 0 Å². The second-order valence-electron chi connectivity index (χ2n) is 4.65. The molecule has 90 valence electrons. The Morgan fingerprint density at radius 2 is 2.00 bits per heavy atom. The highest BCUT2D eigenvalue weighted by molar-refractivity contribution is 6.20. The zero-order chi connectivity index (χ0) is 11.9. The van der Waals surface area contributed by atoms with Gasteiger partial charge < -0.3 is 9.15 Å². The maximum atomic E-state index is 5.94. The van der Waals surface area contributed by atoms with E-state index in [9.17, 15) is 0 Å². The molecule has 0 N–H and O–H groups in total. The second-order valence-corrected chi connectivity index (χ2v) is 5.30. The van der Waals surface area contributed by atoms with Crippen LogP contribution in [-0.2, 0) is 4.74 Å². The summed E-state index contributed by atoms with van der Waals surface area (Å²) in [5.41, 5.74) is 0. The van der Waals surface area contributed by atoms with E-state index in [1.54, 1.807) is 6.20 Å². The van der Waals surface area contributed by atoms with Crippen molar-refractivity contribution in [2.24, 2.45) is 5.92 Å². The normalized spacial score (nSPS) is 36.6. The molecule has 5 unspecified atom stereocenters. The van der Waals surface area contributed by atoms with E-state index in [0.29, 0.717) is 11.8 Å². The quantitative estimate of drug-likeness (QED) is 0.746. The molecule has 1 saturated heterocycles. The summed E-state index contributed by atoms with van der Waals surface area (Å²) in [6.45, 7) is 8.22. The van der Waals surface area contributed by atoms with Gasteiger partial charge in [-0.25, -0.2) is 4.98 Å². The van der Waals surface area contributed by atoms with E-state index in [4.69, 9.17) is 20.8 Å². The molecule has 16 heavy (non-hydrogen) atoms. The molecule has 0 aromatic carbocycles. The number of halogens is 1. The molecule has 1 aliphatic rings. The van der Waals surface area contributed by atoms with Crippen molar-refractivity contribution >= 4 is 11.6 Å². The Morgan fingerprint density at radius 1 is 1.31 bits per heavy atom. The van der Waals surface area contributed by atoms with E-state index >= 15 is 0 Å². The molecule has 3 nitrogen and oxygen atoms in total.